The average molecular weight is 417 g/mol. The first-order valence-corrected chi connectivity index (χ1v) is 10.5. The Morgan fingerprint density at radius 1 is 1.29 bits per heavy atom. The zero-order valence-corrected chi connectivity index (χ0v) is 17.6. The Morgan fingerprint density at radius 2 is 2.07 bits per heavy atom. The molecule has 0 aliphatic carbocycles. The van der Waals surface area contributed by atoms with Gasteiger partial charge in [-0.25, -0.2) is 0 Å². The van der Waals surface area contributed by atoms with E-state index < -0.39 is 0 Å². The molecule has 0 saturated carbocycles. The quantitative estimate of drug-likeness (QED) is 0.510. The number of ether oxygens (including phenoxy) is 1. The number of hydrogen-bond donors (Lipinski definition) is 2. The minimum Gasteiger partial charge on any atom is -0.374 e. The topological polar surface area (TPSA) is 71.9 Å². The highest BCUT2D eigenvalue weighted by molar-refractivity contribution is 7.71. The molecular formula is C20H24N4O2S2. The molecule has 8 heteroatoms. The van der Waals surface area contributed by atoms with Crippen molar-refractivity contribution in [2.45, 2.75) is 46.1 Å². The van der Waals surface area contributed by atoms with Crippen LogP contribution in [0.15, 0.2) is 41.8 Å². The van der Waals surface area contributed by atoms with Crippen LogP contribution in [0.3, 0.4) is 0 Å². The minimum absolute atomic E-state index is 0.0280. The number of thiophene rings is 1. The molecule has 1 amide bonds. The highest BCUT2D eigenvalue weighted by atomic mass is 32.1. The summed E-state index contributed by atoms with van der Waals surface area (Å²) in [4.78, 5) is 13.4. The number of aromatic amines is 1. The lowest BCUT2D eigenvalue weighted by Crippen LogP contribution is -2.24. The number of H-pyrrole nitrogens is 1. The van der Waals surface area contributed by atoms with Crippen LogP contribution < -0.4 is 5.32 Å². The fraction of sp³-hybridized carbons (Fsp3) is 0.350. The molecule has 0 spiro atoms. The van der Waals surface area contributed by atoms with Gasteiger partial charge in [-0.15, -0.1) is 11.3 Å². The van der Waals surface area contributed by atoms with E-state index in [4.69, 9.17) is 17.0 Å². The van der Waals surface area contributed by atoms with Gasteiger partial charge < -0.3 is 10.1 Å². The predicted octanol–water partition coefficient (Wildman–Crippen LogP) is 4.30. The first kappa shape index (κ1) is 20.4. The van der Waals surface area contributed by atoms with E-state index in [-0.39, 0.29) is 12.0 Å². The first-order valence-electron chi connectivity index (χ1n) is 9.18. The molecule has 0 aliphatic heterocycles. The van der Waals surface area contributed by atoms with Crippen LogP contribution >= 0.6 is 23.6 Å². The maximum Gasteiger partial charge on any atom is 0.222 e. The predicted molar refractivity (Wildman–Crippen MR) is 114 cm³/mol. The molecule has 3 aromatic rings. The second kappa shape index (κ2) is 9.77. The van der Waals surface area contributed by atoms with Crippen LogP contribution in [-0.2, 0) is 29.2 Å². The smallest absolute Gasteiger partial charge is 0.222 e. The van der Waals surface area contributed by atoms with Crippen LogP contribution in [-0.4, -0.2) is 26.8 Å². The summed E-state index contributed by atoms with van der Waals surface area (Å²) in [6.45, 7) is 5.52. The average Bonchev–Trinajstić information content (AvgIpc) is 3.33. The van der Waals surface area contributed by atoms with E-state index in [1.165, 1.54) is 0 Å². The fourth-order valence-electron chi connectivity index (χ4n) is 2.74. The zero-order chi connectivity index (χ0) is 19.9. The van der Waals surface area contributed by atoms with Gasteiger partial charge in [-0.2, -0.15) is 5.10 Å². The number of benzene rings is 1. The van der Waals surface area contributed by atoms with Gasteiger partial charge in [-0.05, 0) is 48.6 Å². The third-order valence-corrected chi connectivity index (χ3v) is 5.41. The summed E-state index contributed by atoms with van der Waals surface area (Å²) in [6, 6.07) is 12.0. The van der Waals surface area contributed by atoms with Crippen LogP contribution in [0.1, 0.15) is 31.4 Å². The molecule has 0 atom stereocenters. The van der Waals surface area contributed by atoms with Crippen molar-refractivity contribution >= 4 is 29.5 Å². The van der Waals surface area contributed by atoms with E-state index in [0.29, 0.717) is 30.9 Å². The lowest BCUT2D eigenvalue weighted by Gasteiger charge is -2.13. The summed E-state index contributed by atoms with van der Waals surface area (Å²) in [6.07, 6.45) is 0.497. The molecule has 3 rings (SSSR count). The van der Waals surface area contributed by atoms with E-state index >= 15 is 0 Å². The fourth-order valence-corrected chi connectivity index (χ4v) is 3.69. The summed E-state index contributed by atoms with van der Waals surface area (Å²) in [7, 11) is 0. The standard InChI is InChI=1S/C20H24N4O2S2/c1-14(2)26-13-16-7-4-3-6-15(16)12-21-18(25)9-10-24-19(22-23-20(24)27)17-8-5-11-28-17/h3-8,11,14H,9-10,12-13H2,1-2H3,(H,21,25)(H,23,27). The van der Waals surface area contributed by atoms with Crippen LogP contribution in [0.25, 0.3) is 10.7 Å². The van der Waals surface area contributed by atoms with Crippen LogP contribution in [0.4, 0.5) is 0 Å². The van der Waals surface area contributed by atoms with Crippen molar-refractivity contribution in [3.05, 3.63) is 57.7 Å². The van der Waals surface area contributed by atoms with Gasteiger partial charge in [0.1, 0.15) is 0 Å². The molecule has 0 unspecified atom stereocenters. The Kier molecular flexibility index (Phi) is 7.13. The monoisotopic (exact) mass is 416 g/mol. The molecule has 0 fully saturated rings. The highest BCUT2D eigenvalue weighted by Gasteiger charge is 2.12. The molecule has 2 aromatic heterocycles. The Morgan fingerprint density at radius 3 is 2.79 bits per heavy atom. The van der Waals surface area contributed by atoms with Crippen molar-refractivity contribution in [3.63, 3.8) is 0 Å². The number of rotatable bonds is 9. The Hall–Kier alpha value is -2.29. The third-order valence-electron chi connectivity index (χ3n) is 4.23. The summed E-state index contributed by atoms with van der Waals surface area (Å²) < 4.78 is 8.08. The molecule has 6 nitrogen and oxygen atoms in total. The van der Waals surface area contributed by atoms with Crippen molar-refractivity contribution in [1.29, 1.82) is 0 Å². The van der Waals surface area contributed by atoms with Crippen LogP contribution in [0, 0.1) is 4.77 Å². The number of carbonyl (C=O) groups is 1. The number of nitrogens with zero attached hydrogens (tertiary/aromatic N) is 2. The van der Waals surface area contributed by atoms with Crippen molar-refractivity contribution in [2.24, 2.45) is 0 Å². The van der Waals surface area contributed by atoms with Gasteiger partial charge in [0.2, 0.25) is 5.91 Å². The molecule has 2 heterocycles. The van der Waals surface area contributed by atoms with E-state index in [0.717, 1.165) is 21.8 Å². The van der Waals surface area contributed by atoms with Gasteiger partial charge in [0.05, 0.1) is 17.6 Å². The number of hydrogen-bond acceptors (Lipinski definition) is 5. The third kappa shape index (κ3) is 5.37. The second-order valence-corrected chi connectivity index (χ2v) is 7.97. The van der Waals surface area contributed by atoms with Gasteiger partial charge in [-0.1, -0.05) is 30.3 Å². The SMILES string of the molecule is CC(C)OCc1ccccc1CNC(=O)CCn1c(-c2cccs2)n[nH]c1=S. The molecule has 0 aliphatic rings. The minimum atomic E-state index is -0.0280. The largest absolute Gasteiger partial charge is 0.374 e. The molecular weight excluding hydrogens is 392 g/mol. The second-order valence-electron chi connectivity index (χ2n) is 6.64. The first-order chi connectivity index (χ1) is 13.5. The number of nitrogens with one attached hydrogen (secondary N) is 2. The van der Waals surface area contributed by atoms with E-state index in [1.807, 2.05) is 60.2 Å². The van der Waals surface area contributed by atoms with E-state index in [1.54, 1.807) is 11.3 Å². The van der Waals surface area contributed by atoms with Crippen molar-refractivity contribution < 1.29 is 9.53 Å². The van der Waals surface area contributed by atoms with Crippen molar-refractivity contribution in [3.8, 4) is 10.7 Å². The summed E-state index contributed by atoms with van der Waals surface area (Å²) in [5, 5.41) is 12.1. The Labute approximate surface area is 173 Å². The zero-order valence-electron chi connectivity index (χ0n) is 16.0. The number of amides is 1. The molecule has 0 radical (unpaired) electrons. The van der Waals surface area contributed by atoms with Crippen molar-refractivity contribution in [1.82, 2.24) is 20.1 Å². The number of aromatic nitrogens is 3. The Bertz CT molecular complexity index is 961. The maximum absolute atomic E-state index is 12.4. The summed E-state index contributed by atoms with van der Waals surface area (Å²) in [5.41, 5.74) is 2.16. The van der Waals surface area contributed by atoms with Crippen LogP contribution in [0.2, 0.25) is 0 Å². The van der Waals surface area contributed by atoms with E-state index in [9.17, 15) is 4.79 Å². The highest BCUT2D eigenvalue weighted by Crippen LogP contribution is 2.22. The van der Waals surface area contributed by atoms with Gasteiger partial charge in [-0.3, -0.25) is 14.5 Å². The Balaban J connectivity index is 1.57. The summed E-state index contributed by atoms with van der Waals surface area (Å²) >= 11 is 6.90. The summed E-state index contributed by atoms with van der Waals surface area (Å²) in [5.74, 6) is 0.740. The molecule has 0 bridgehead atoms. The normalized spacial score (nSPS) is 11.1. The molecule has 2 N–H and O–H groups in total. The molecule has 1 aromatic carbocycles. The van der Waals surface area contributed by atoms with E-state index in [2.05, 4.69) is 15.5 Å². The lowest BCUT2D eigenvalue weighted by atomic mass is 10.1. The lowest BCUT2D eigenvalue weighted by molar-refractivity contribution is -0.121. The van der Waals surface area contributed by atoms with Gasteiger partial charge >= 0.3 is 0 Å². The molecule has 148 valence electrons. The van der Waals surface area contributed by atoms with Gasteiger partial charge in [0.15, 0.2) is 10.6 Å². The maximum atomic E-state index is 12.4. The molecule has 0 saturated heterocycles. The number of carbonyl (C=O) groups excluding carboxylic acids is 1. The van der Waals surface area contributed by atoms with Crippen LogP contribution in [0.5, 0.6) is 0 Å². The molecule has 28 heavy (non-hydrogen) atoms. The van der Waals surface area contributed by atoms with Crippen molar-refractivity contribution in [2.75, 3.05) is 0 Å². The van der Waals surface area contributed by atoms with Gasteiger partial charge in [0.25, 0.3) is 0 Å². The van der Waals surface area contributed by atoms with Gasteiger partial charge in [0, 0.05) is 19.5 Å².